The van der Waals surface area contributed by atoms with Gasteiger partial charge < -0.3 is 0 Å². The number of hydrogen-bond acceptors (Lipinski definition) is 2. The van der Waals surface area contributed by atoms with Crippen LogP contribution in [0, 0.1) is 5.92 Å². The van der Waals surface area contributed by atoms with Crippen molar-refractivity contribution in [3.63, 3.8) is 0 Å². The van der Waals surface area contributed by atoms with Gasteiger partial charge in [0.2, 0.25) is 0 Å². The van der Waals surface area contributed by atoms with Gasteiger partial charge in [-0.25, -0.2) is 0 Å². The summed E-state index contributed by atoms with van der Waals surface area (Å²) in [6, 6.07) is 0. The first kappa shape index (κ1) is 9.38. The summed E-state index contributed by atoms with van der Waals surface area (Å²) in [5.74, 6) is 0.399. The lowest BCUT2D eigenvalue weighted by atomic mass is 9.88. The van der Waals surface area contributed by atoms with Crippen LogP contribution in [0.3, 0.4) is 0 Å². The van der Waals surface area contributed by atoms with E-state index < -0.39 is 0 Å². The average molecular weight is 190 g/mol. The molecule has 0 N–H and O–H groups in total. The fourth-order valence-electron chi connectivity index (χ4n) is 2.23. The van der Waals surface area contributed by atoms with Crippen LogP contribution >= 0.6 is 0 Å². The Kier molecular flexibility index (Phi) is 2.36. The summed E-state index contributed by atoms with van der Waals surface area (Å²) in [7, 11) is 0. The predicted octanol–water partition coefficient (Wildman–Crippen LogP) is 2.20. The topological polar surface area (TPSA) is 34.1 Å². The largest absolute Gasteiger partial charge is 0.290 e. The molecule has 0 aromatic carbocycles. The Labute approximate surface area is 83.7 Å². The Morgan fingerprint density at radius 1 is 1.07 bits per heavy atom. The maximum atomic E-state index is 11.6. The van der Waals surface area contributed by atoms with Gasteiger partial charge in [0.15, 0.2) is 11.6 Å². The van der Waals surface area contributed by atoms with Gasteiger partial charge in [-0.2, -0.15) is 0 Å². The first-order valence-corrected chi connectivity index (χ1v) is 5.17. The lowest BCUT2D eigenvalue weighted by Crippen LogP contribution is -2.16. The molecule has 14 heavy (non-hydrogen) atoms. The highest BCUT2D eigenvalue weighted by Gasteiger charge is 2.26. The van der Waals surface area contributed by atoms with Gasteiger partial charge in [0, 0.05) is 11.1 Å². The Hall–Kier alpha value is -1.18. The van der Waals surface area contributed by atoms with Gasteiger partial charge >= 0.3 is 0 Å². The fourth-order valence-corrected chi connectivity index (χ4v) is 2.23. The second kappa shape index (κ2) is 3.52. The van der Waals surface area contributed by atoms with Crippen molar-refractivity contribution in [1.29, 1.82) is 0 Å². The van der Waals surface area contributed by atoms with Gasteiger partial charge in [-0.3, -0.25) is 9.59 Å². The quantitative estimate of drug-likeness (QED) is 0.594. The average Bonchev–Trinajstić information content (AvgIpc) is 2.64. The zero-order valence-electron chi connectivity index (χ0n) is 8.38. The number of rotatable bonds is 1. The molecule has 0 unspecified atom stereocenters. The SMILES string of the molecule is CC1=CC(=O)C(C2CCCC2)=CC1=O. The van der Waals surface area contributed by atoms with Crippen LogP contribution in [0.1, 0.15) is 32.6 Å². The Morgan fingerprint density at radius 3 is 2.36 bits per heavy atom. The van der Waals surface area contributed by atoms with Gasteiger partial charge in [0.1, 0.15) is 0 Å². The lowest BCUT2D eigenvalue weighted by Gasteiger charge is -2.15. The zero-order valence-corrected chi connectivity index (χ0v) is 8.38. The molecule has 0 aromatic rings. The molecule has 0 spiro atoms. The normalized spacial score (nSPS) is 23.8. The number of carbonyl (C=O) groups excluding carboxylic acids is 2. The third-order valence-corrected chi connectivity index (χ3v) is 3.10. The van der Waals surface area contributed by atoms with Gasteiger partial charge in [-0.15, -0.1) is 0 Å². The zero-order chi connectivity index (χ0) is 10.1. The van der Waals surface area contributed by atoms with Crippen LogP contribution in [-0.4, -0.2) is 11.6 Å². The monoisotopic (exact) mass is 190 g/mol. The van der Waals surface area contributed by atoms with Crippen molar-refractivity contribution >= 4 is 11.6 Å². The third-order valence-electron chi connectivity index (χ3n) is 3.10. The molecule has 74 valence electrons. The summed E-state index contributed by atoms with van der Waals surface area (Å²) in [5.41, 5.74) is 1.31. The van der Waals surface area contributed by atoms with Crippen molar-refractivity contribution in [3.8, 4) is 0 Å². The molecule has 0 saturated heterocycles. The molecule has 2 nitrogen and oxygen atoms in total. The number of carbonyl (C=O) groups is 2. The van der Waals surface area contributed by atoms with Crippen LogP contribution < -0.4 is 0 Å². The van der Waals surface area contributed by atoms with Crippen LogP contribution in [-0.2, 0) is 9.59 Å². The van der Waals surface area contributed by atoms with E-state index in [0.29, 0.717) is 11.5 Å². The molecule has 0 aliphatic heterocycles. The number of allylic oxidation sites excluding steroid dienone is 4. The van der Waals surface area contributed by atoms with E-state index >= 15 is 0 Å². The van der Waals surface area contributed by atoms with Crippen LogP contribution in [0.25, 0.3) is 0 Å². The third kappa shape index (κ3) is 1.57. The van der Waals surface area contributed by atoms with Crippen LogP contribution in [0.2, 0.25) is 0 Å². The highest BCUT2D eigenvalue weighted by molar-refractivity contribution is 6.19. The Morgan fingerprint density at radius 2 is 1.71 bits per heavy atom. The van der Waals surface area contributed by atoms with Crippen molar-refractivity contribution < 1.29 is 9.59 Å². The minimum absolute atomic E-state index is 0.00602. The van der Waals surface area contributed by atoms with E-state index in [-0.39, 0.29) is 11.6 Å². The molecular formula is C12H14O2. The summed E-state index contributed by atoms with van der Waals surface area (Å²) in [4.78, 5) is 23.1. The highest BCUT2D eigenvalue weighted by Crippen LogP contribution is 2.33. The Bertz CT molecular complexity index is 341. The van der Waals surface area contributed by atoms with Crippen LogP contribution in [0.15, 0.2) is 23.3 Å². The van der Waals surface area contributed by atoms with Gasteiger partial charge in [0.25, 0.3) is 0 Å². The minimum Gasteiger partial charge on any atom is -0.290 e. The molecule has 2 aliphatic carbocycles. The van der Waals surface area contributed by atoms with Crippen LogP contribution in [0.5, 0.6) is 0 Å². The fraction of sp³-hybridized carbons (Fsp3) is 0.500. The van der Waals surface area contributed by atoms with Crippen molar-refractivity contribution in [2.45, 2.75) is 32.6 Å². The molecule has 0 bridgehead atoms. The molecule has 1 saturated carbocycles. The minimum atomic E-state index is 0.00602. The van der Waals surface area contributed by atoms with E-state index in [1.165, 1.54) is 18.9 Å². The summed E-state index contributed by atoms with van der Waals surface area (Å²) in [6.45, 7) is 1.70. The predicted molar refractivity (Wildman–Crippen MR) is 53.8 cm³/mol. The van der Waals surface area contributed by atoms with E-state index in [1.807, 2.05) is 0 Å². The molecule has 0 atom stereocenters. The van der Waals surface area contributed by atoms with Crippen LogP contribution in [0.4, 0.5) is 0 Å². The summed E-state index contributed by atoms with van der Waals surface area (Å²) >= 11 is 0. The summed E-state index contributed by atoms with van der Waals surface area (Å²) in [5, 5.41) is 0. The van der Waals surface area contributed by atoms with Gasteiger partial charge in [0.05, 0.1) is 0 Å². The van der Waals surface area contributed by atoms with Gasteiger partial charge in [-0.1, -0.05) is 12.8 Å². The van der Waals surface area contributed by atoms with E-state index in [1.54, 1.807) is 13.0 Å². The second-order valence-corrected chi connectivity index (χ2v) is 4.14. The Balaban J connectivity index is 2.23. The van der Waals surface area contributed by atoms with E-state index in [2.05, 4.69) is 0 Å². The standard InChI is InChI=1S/C12H14O2/c1-8-6-12(14)10(7-11(8)13)9-4-2-3-5-9/h6-7,9H,2-5H2,1H3. The van der Waals surface area contributed by atoms with E-state index in [9.17, 15) is 9.59 Å². The summed E-state index contributed by atoms with van der Waals surface area (Å²) in [6.07, 6.45) is 7.54. The number of hydrogen-bond donors (Lipinski definition) is 0. The maximum absolute atomic E-state index is 11.6. The second-order valence-electron chi connectivity index (χ2n) is 4.14. The molecular weight excluding hydrogens is 176 g/mol. The first-order valence-electron chi connectivity index (χ1n) is 5.17. The maximum Gasteiger partial charge on any atom is 0.182 e. The van der Waals surface area contributed by atoms with Crippen molar-refractivity contribution in [2.75, 3.05) is 0 Å². The molecule has 0 aromatic heterocycles. The highest BCUT2D eigenvalue weighted by atomic mass is 16.1. The molecule has 0 amide bonds. The van der Waals surface area contributed by atoms with Gasteiger partial charge in [-0.05, 0) is 37.8 Å². The first-order chi connectivity index (χ1) is 6.68. The molecule has 2 heteroatoms. The molecule has 2 aliphatic rings. The van der Waals surface area contributed by atoms with Crippen molar-refractivity contribution in [3.05, 3.63) is 23.3 Å². The molecule has 1 fully saturated rings. The smallest absolute Gasteiger partial charge is 0.182 e. The molecule has 0 heterocycles. The van der Waals surface area contributed by atoms with E-state index in [4.69, 9.17) is 0 Å². The number of ketones is 2. The van der Waals surface area contributed by atoms with E-state index in [0.717, 1.165) is 18.4 Å². The van der Waals surface area contributed by atoms with Crippen molar-refractivity contribution in [1.82, 2.24) is 0 Å². The van der Waals surface area contributed by atoms with Crippen molar-refractivity contribution in [2.24, 2.45) is 5.92 Å². The molecule has 2 rings (SSSR count). The summed E-state index contributed by atoms with van der Waals surface area (Å²) < 4.78 is 0. The lowest BCUT2D eigenvalue weighted by molar-refractivity contribution is -0.115. The molecule has 0 radical (unpaired) electrons.